The van der Waals surface area contributed by atoms with Crippen molar-refractivity contribution in [1.82, 2.24) is 30.6 Å². The lowest BCUT2D eigenvalue weighted by Gasteiger charge is -2.11. The van der Waals surface area contributed by atoms with Crippen molar-refractivity contribution in [2.45, 2.75) is 26.2 Å². The van der Waals surface area contributed by atoms with Gasteiger partial charge in [0.05, 0.1) is 5.69 Å². The van der Waals surface area contributed by atoms with Crippen LogP contribution in [0.15, 0.2) is 52.2 Å². The zero-order valence-electron chi connectivity index (χ0n) is 16.1. The first-order valence-corrected chi connectivity index (χ1v) is 9.07. The van der Waals surface area contributed by atoms with Crippen molar-refractivity contribution in [3.8, 4) is 5.69 Å². The summed E-state index contributed by atoms with van der Waals surface area (Å²) in [4.78, 5) is 8.44. The Bertz CT molecular complexity index is 844. The minimum absolute atomic E-state index is 0. The highest BCUT2D eigenvalue weighted by atomic mass is 127. The van der Waals surface area contributed by atoms with Crippen LogP contribution in [0.25, 0.3) is 5.69 Å². The Morgan fingerprint density at radius 2 is 1.93 bits per heavy atom. The van der Waals surface area contributed by atoms with Crippen LogP contribution < -0.4 is 10.6 Å². The highest BCUT2D eigenvalue weighted by Crippen LogP contribution is 2.08. The molecular weight excluding hydrogens is 469 g/mol. The van der Waals surface area contributed by atoms with Gasteiger partial charge in [-0.15, -0.1) is 24.0 Å². The maximum absolute atomic E-state index is 5.10. The molecule has 28 heavy (non-hydrogen) atoms. The molecule has 0 aliphatic rings. The number of guanidine groups is 1. The predicted octanol–water partition coefficient (Wildman–Crippen LogP) is 2.52. The van der Waals surface area contributed by atoms with Gasteiger partial charge in [-0.25, -0.2) is 4.68 Å². The molecule has 150 valence electrons. The molecule has 1 aromatic carbocycles. The van der Waals surface area contributed by atoms with E-state index in [1.54, 1.807) is 13.2 Å². The standard InChI is InChI=1S/C19H25N7O.HI/c1-15-24-18(27-25-15)5-3-11-21-19(20-2)22-13-10-16-6-8-17(9-7-16)26-14-4-12-23-26;/h4,6-9,12,14H,3,5,10-11,13H2,1-2H3,(H2,20,21,22);1H. The molecule has 0 fully saturated rings. The second-order valence-corrected chi connectivity index (χ2v) is 6.13. The van der Waals surface area contributed by atoms with Crippen LogP contribution in [0.5, 0.6) is 0 Å². The number of hydrogen-bond acceptors (Lipinski definition) is 5. The van der Waals surface area contributed by atoms with Gasteiger partial charge in [-0.1, -0.05) is 17.3 Å². The molecule has 3 aromatic rings. The first-order chi connectivity index (χ1) is 13.2. The van der Waals surface area contributed by atoms with Crippen LogP contribution in [0.2, 0.25) is 0 Å². The molecule has 0 aliphatic heterocycles. The van der Waals surface area contributed by atoms with Gasteiger partial charge in [0.2, 0.25) is 5.89 Å². The lowest BCUT2D eigenvalue weighted by Crippen LogP contribution is -2.38. The van der Waals surface area contributed by atoms with Crippen LogP contribution >= 0.6 is 24.0 Å². The molecule has 0 aliphatic carbocycles. The zero-order valence-corrected chi connectivity index (χ0v) is 18.5. The largest absolute Gasteiger partial charge is 0.356 e. The van der Waals surface area contributed by atoms with Crippen molar-refractivity contribution in [3.05, 3.63) is 60.0 Å². The van der Waals surface area contributed by atoms with Gasteiger partial charge in [-0.3, -0.25) is 4.99 Å². The van der Waals surface area contributed by atoms with Crippen molar-refractivity contribution in [1.29, 1.82) is 0 Å². The number of nitrogens with zero attached hydrogens (tertiary/aromatic N) is 5. The molecule has 0 atom stereocenters. The summed E-state index contributed by atoms with van der Waals surface area (Å²) in [5.74, 6) is 2.15. The van der Waals surface area contributed by atoms with Crippen LogP contribution in [0.1, 0.15) is 23.7 Å². The lowest BCUT2D eigenvalue weighted by atomic mass is 10.1. The Morgan fingerprint density at radius 1 is 1.14 bits per heavy atom. The fourth-order valence-electron chi connectivity index (χ4n) is 2.67. The van der Waals surface area contributed by atoms with Gasteiger partial charge in [-0.2, -0.15) is 10.1 Å². The first kappa shape index (κ1) is 21.9. The average molecular weight is 495 g/mol. The van der Waals surface area contributed by atoms with E-state index >= 15 is 0 Å². The van der Waals surface area contributed by atoms with Gasteiger partial charge in [0.1, 0.15) is 0 Å². The summed E-state index contributed by atoms with van der Waals surface area (Å²) >= 11 is 0. The third kappa shape index (κ3) is 6.63. The van der Waals surface area contributed by atoms with Crippen molar-refractivity contribution in [3.63, 3.8) is 0 Å². The predicted molar refractivity (Wildman–Crippen MR) is 119 cm³/mol. The number of aliphatic imine (C=N–C) groups is 1. The lowest BCUT2D eigenvalue weighted by molar-refractivity contribution is 0.372. The summed E-state index contributed by atoms with van der Waals surface area (Å²) in [6.45, 7) is 3.42. The second-order valence-electron chi connectivity index (χ2n) is 6.13. The normalized spacial score (nSPS) is 11.1. The van der Waals surface area contributed by atoms with Crippen LogP contribution in [0.3, 0.4) is 0 Å². The van der Waals surface area contributed by atoms with Crippen molar-refractivity contribution >= 4 is 29.9 Å². The van der Waals surface area contributed by atoms with Gasteiger partial charge in [0.15, 0.2) is 11.8 Å². The summed E-state index contributed by atoms with van der Waals surface area (Å²) in [6, 6.07) is 10.3. The average Bonchev–Trinajstić information content (AvgIpc) is 3.36. The van der Waals surface area contributed by atoms with Crippen LogP contribution in [-0.4, -0.2) is 46.0 Å². The van der Waals surface area contributed by atoms with E-state index in [0.29, 0.717) is 11.7 Å². The minimum atomic E-state index is 0. The molecule has 0 spiro atoms. The van der Waals surface area contributed by atoms with E-state index in [2.05, 4.69) is 55.1 Å². The number of hydrogen-bond donors (Lipinski definition) is 2. The monoisotopic (exact) mass is 495 g/mol. The minimum Gasteiger partial charge on any atom is -0.356 e. The number of benzene rings is 1. The van der Waals surface area contributed by atoms with Gasteiger partial charge in [-0.05, 0) is 43.5 Å². The molecule has 2 aromatic heterocycles. The third-order valence-electron chi connectivity index (χ3n) is 4.06. The molecule has 0 saturated carbocycles. The Labute approximate surface area is 181 Å². The van der Waals surface area contributed by atoms with Gasteiger partial charge in [0, 0.05) is 39.0 Å². The molecular formula is C19H26IN7O. The zero-order chi connectivity index (χ0) is 18.9. The molecule has 8 nitrogen and oxygen atoms in total. The topological polar surface area (TPSA) is 93.2 Å². The smallest absolute Gasteiger partial charge is 0.226 e. The van der Waals surface area contributed by atoms with Crippen LogP contribution in [0.4, 0.5) is 0 Å². The summed E-state index contributed by atoms with van der Waals surface area (Å²) in [6.07, 6.45) is 6.29. The van der Waals surface area contributed by atoms with Crippen molar-refractivity contribution in [2.24, 2.45) is 4.99 Å². The molecule has 0 unspecified atom stereocenters. The molecule has 9 heteroatoms. The number of halogens is 1. The number of aryl methyl sites for hydroxylation is 2. The Hall–Kier alpha value is -2.43. The highest BCUT2D eigenvalue weighted by molar-refractivity contribution is 14.0. The van der Waals surface area contributed by atoms with Gasteiger partial charge in [0.25, 0.3) is 0 Å². The fraction of sp³-hybridized carbons (Fsp3) is 0.368. The number of aromatic nitrogens is 4. The molecule has 0 saturated heterocycles. The Kier molecular flexibility index (Phi) is 8.92. The van der Waals surface area contributed by atoms with E-state index in [1.165, 1.54) is 5.56 Å². The molecule has 0 bridgehead atoms. The van der Waals surface area contributed by atoms with E-state index in [0.717, 1.165) is 44.0 Å². The second kappa shape index (κ2) is 11.4. The van der Waals surface area contributed by atoms with Crippen molar-refractivity contribution in [2.75, 3.05) is 20.1 Å². The van der Waals surface area contributed by atoms with E-state index in [4.69, 9.17) is 4.52 Å². The first-order valence-electron chi connectivity index (χ1n) is 9.07. The number of nitrogens with one attached hydrogen (secondary N) is 2. The SMILES string of the molecule is CN=C(NCCCc1nc(C)no1)NCCc1ccc(-n2cccn2)cc1.I. The Morgan fingerprint density at radius 3 is 2.57 bits per heavy atom. The molecule has 0 radical (unpaired) electrons. The van der Waals surface area contributed by atoms with E-state index in [9.17, 15) is 0 Å². The van der Waals surface area contributed by atoms with Crippen LogP contribution in [0, 0.1) is 6.92 Å². The van der Waals surface area contributed by atoms with Gasteiger partial charge >= 0.3 is 0 Å². The number of rotatable bonds is 8. The van der Waals surface area contributed by atoms with E-state index in [-0.39, 0.29) is 24.0 Å². The maximum Gasteiger partial charge on any atom is 0.226 e. The molecule has 3 rings (SSSR count). The summed E-state index contributed by atoms with van der Waals surface area (Å²) in [5, 5.41) is 14.7. The Balaban J connectivity index is 0.00000280. The molecule has 0 amide bonds. The van der Waals surface area contributed by atoms with E-state index < -0.39 is 0 Å². The van der Waals surface area contributed by atoms with Crippen molar-refractivity contribution < 1.29 is 4.52 Å². The third-order valence-corrected chi connectivity index (χ3v) is 4.06. The molecule has 2 N–H and O–H groups in total. The van der Waals surface area contributed by atoms with Gasteiger partial charge < -0.3 is 15.2 Å². The van der Waals surface area contributed by atoms with Crippen LogP contribution in [-0.2, 0) is 12.8 Å². The quantitative estimate of drug-likeness (QED) is 0.216. The summed E-state index contributed by atoms with van der Waals surface area (Å²) in [5.41, 5.74) is 2.33. The highest BCUT2D eigenvalue weighted by Gasteiger charge is 2.03. The summed E-state index contributed by atoms with van der Waals surface area (Å²) < 4.78 is 6.95. The maximum atomic E-state index is 5.10. The van der Waals surface area contributed by atoms with E-state index in [1.807, 2.05) is 23.9 Å². The summed E-state index contributed by atoms with van der Waals surface area (Å²) in [7, 11) is 1.77. The molecule has 2 heterocycles. The fourth-order valence-corrected chi connectivity index (χ4v) is 2.67.